The SMILES string of the molecule is Cc1cccc(CN2CC[C@]3(O)CCN(C(=O)C4CCCC4)C[C@@H]3C2)n1. The van der Waals surface area contributed by atoms with Gasteiger partial charge in [0, 0.05) is 50.3 Å². The number of aliphatic hydroxyl groups is 1. The van der Waals surface area contributed by atoms with E-state index in [0.717, 1.165) is 63.3 Å². The van der Waals surface area contributed by atoms with E-state index in [4.69, 9.17) is 0 Å². The molecule has 1 aromatic rings. The fourth-order valence-corrected chi connectivity index (χ4v) is 5.06. The summed E-state index contributed by atoms with van der Waals surface area (Å²) in [5.74, 6) is 0.722. The molecule has 3 heterocycles. The van der Waals surface area contributed by atoms with Gasteiger partial charge < -0.3 is 10.0 Å². The lowest BCUT2D eigenvalue weighted by Gasteiger charge is -2.50. The van der Waals surface area contributed by atoms with Crippen molar-refractivity contribution in [2.24, 2.45) is 11.8 Å². The fourth-order valence-electron chi connectivity index (χ4n) is 5.06. The molecule has 2 atom stereocenters. The van der Waals surface area contributed by atoms with E-state index < -0.39 is 5.60 Å². The minimum absolute atomic E-state index is 0.153. The van der Waals surface area contributed by atoms with Crippen LogP contribution < -0.4 is 0 Å². The smallest absolute Gasteiger partial charge is 0.225 e. The number of aromatic nitrogens is 1. The summed E-state index contributed by atoms with van der Waals surface area (Å²) in [6.07, 6.45) is 6.01. The van der Waals surface area contributed by atoms with Crippen LogP contribution in [0, 0.1) is 18.8 Å². The number of nitrogens with zero attached hydrogens (tertiary/aromatic N) is 3. The van der Waals surface area contributed by atoms with Crippen molar-refractivity contribution in [3.63, 3.8) is 0 Å². The summed E-state index contributed by atoms with van der Waals surface area (Å²) in [5, 5.41) is 11.1. The second kappa shape index (κ2) is 7.28. The topological polar surface area (TPSA) is 56.7 Å². The molecule has 0 aromatic carbocycles. The molecule has 1 aromatic heterocycles. The summed E-state index contributed by atoms with van der Waals surface area (Å²) >= 11 is 0. The highest BCUT2D eigenvalue weighted by Crippen LogP contribution is 2.37. The fraction of sp³-hybridized carbons (Fsp3) is 0.714. The molecule has 5 heteroatoms. The lowest BCUT2D eigenvalue weighted by atomic mass is 9.75. The van der Waals surface area contributed by atoms with Crippen LogP contribution in [0.2, 0.25) is 0 Å². The number of fused-ring (bicyclic) bond motifs is 1. The standard InChI is InChI=1S/C21H31N3O2/c1-16-5-4-8-19(22-16)15-23-11-9-21(26)10-12-24(14-18(21)13-23)20(25)17-6-2-3-7-17/h4-5,8,17-18,26H,2-3,6-7,9-15H2,1H3/t18-,21-/m0/s1. The maximum Gasteiger partial charge on any atom is 0.225 e. The van der Waals surface area contributed by atoms with Gasteiger partial charge in [-0.15, -0.1) is 0 Å². The zero-order valence-electron chi connectivity index (χ0n) is 15.9. The number of hydrogen-bond acceptors (Lipinski definition) is 4. The largest absolute Gasteiger partial charge is 0.389 e. The van der Waals surface area contributed by atoms with E-state index in [1.54, 1.807) is 0 Å². The Morgan fingerprint density at radius 2 is 2.00 bits per heavy atom. The van der Waals surface area contributed by atoms with Crippen LogP contribution in [0.15, 0.2) is 18.2 Å². The van der Waals surface area contributed by atoms with Crippen LogP contribution in [-0.4, -0.2) is 57.6 Å². The predicted octanol–water partition coefficient (Wildman–Crippen LogP) is 2.37. The maximum absolute atomic E-state index is 12.8. The number of hydrogen-bond donors (Lipinski definition) is 1. The normalized spacial score (nSPS) is 30.4. The Labute approximate surface area is 156 Å². The lowest BCUT2D eigenvalue weighted by molar-refractivity contribution is -0.150. The second-order valence-corrected chi connectivity index (χ2v) is 8.57. The first-order valence-electron chi connectivity index (χ1n) is 10.2. The Kier molecular flexibility index (Phi) is 5.02. The van der Waals surface area contributed by atoms with Gasteiger partial charge >= 0.3 is 0 Å². The van der Waals surface area contributed by atoms with Gasteiger partial charge in [-0.2, -0.15) is 0 Å². The summed E-state index contributed by atoms with van der Waals surface area (Å²) < 4.78 is 0. The van der Waals surface area contributed by atoms with Crippen molar-refractivity contribution in [2.45, 2.75) is 57.6 Å². The molecule has 142 valence electrons. The summed E-state index contributed by atoms with van der Waals surface area (Å²) in [5.41, 5.74) is 1.54. The Morgan fingerprint density at radius 1 is 1.23 bits per heavy atom. The van der Waals surface area contributed by atoms with Gasteiger partial charge in [-0.25, -0.2) is 0 Å². The molecule has 1 aliphatic carbocycles. The van der Waals surface area contributed by atoms with Crippen LogP contribution in [0.5, 0.6) is 0 Å². The molecule has 3 aliphatic rings. The molecule has 5 nitrogen and oxygen atoms in total. The quantitative estimate of drug-likeness (QED) is 0.902. The van der Waals surface area contributed by atoms with E-state index in [1.807, 2.05) is 17.9 Å². The summed E-state index contributed by atoms with van der Waals surface area (Å²) in [4.78, 5) is 21.9. The zero-order valence-corrected chi connectivity index (χ0v) is 15.9. The number of pyridine rings is 1. The molecule has 0 radical (unpaired) electrons. The first-order valence-corrected chi connectivity index (χ1v) is 10.2. The number of piperidine rings is 2. The van der Waals surface area contributed by atoms with Crippen LogP contribution in [0.25, 0.3) is 0 Å². The monoisotopic (exact) mass is 357 g/mol. The highest BCUT2D eigenvalue weighted by molar-refractivity contribution is 5.79. The highest BCUT2D eigenvalue weighted by Gasteiger charge is 2.46. The van der Waals surface area contributed by atoms with Gasteiger partial charge in [0.1, 0.15) is 0 Å². The van der Waals surface area contributed by atoms with Crippen LogP contribution in [0.1, 0.15) is 49.9 Å². The predicted molar refractivity (Wildman–Crippen MR) is 100 cm³/mol. The van der Waals surface area contributed by atoms with Crippen molar-refractivity contribution in [2.75, 3.05) is 26.2 Å². The molecular weight excluding hydrogens is 326 g/mol. The lowest BCUT2D eigenvalue weighted by Crippen LogP contribution is -2.61. The number of aryl methyl sites for hydroxylation is 1. The molecular formula is C21H31N3O2. The number of rotatable bonds is 3. The Morgan fingerprint density at radius 3 is 2.77 bits per heavy atom. The summed E-state index contributed by atoms with van der Waals surface area (Å²) in [6.45, 7) is 6.03. The molecule has 4 rings (SSSR count). The number of likely N-dealkylation sites (tertiary alicyclic amines) is 2. The van der Waals surface area contributed by atoms with Crippen LogP contribution >= 0.6 is 0 Å². The Bertz CT molecular complexity index is 658. The molecule has 0 spiro atoms. The minimum Gasteiger partial charge on any atom is -0.389 e. The van der Waals surface area contributed by atoms with Gasteiger partial charge in [0.05, 0.1) is 11.3 Å². The van der Waals surface area contributed by atoms with E-state index in [1.165, 1.54) is 12.8 Å². The molecule has 0 unspecified atom stereocenters. The van der Waals surface area contributed by atoms with Gasteiger partial charge in [-0.05, 0) is 44.7 Å². The third-order valence-corrected chi connectivity index (χ3v) is 6.70. The molecule has 1 saturated carbocycles. The first-order chi connectivity index (χ1) is 12.5. The molecule has 1 N–H and O–H groups in total. The zero-order chi connectivity index (χ0) is 18.1. The van der Waals surface area contributed by atoms with Crippen molar-refractivity contribution in [1.82, 2.24) is 14.8 Å². The van der Waals surface area contributed by atoms with Gasteiger partial charge in [0.15, 0.2) is 0 Å². The summed E-state index contributed by atoms with van der Waals surface area (Å²) in [6, 6.07) is 6.15. The average molecular weight is 357 g/mol. The van der Waals surface area contributed by atoms with E-state index in [0.29, 0.717) is 12.5 Å². The number of carbonyl (C=O) groups is 1. The van der Waals surface area contributed by atoms with Gasteiger partial charge in [-0.3, -0.25) is 14.7 Å². The molecule has 0 bridgehead atoms. The third-order valence-electron chi connectivity index (χ3n) is 6.70. The van der Waals surface area contributed by atoms with Crippen LogP contribution in [0.3, 0.4) is 0 Å². The second-order valence-electron chi connectivity index (χ2n) is 8.57. The minimum atomic E-state index is -0.594. The van der Waals surface area contributed by atoms with Gasteiger partial charge in [0.25, 0.3) is 0 Å². The molecule has 2 aliphatic heterocycles. The van der Waals surface area contributed by atoms with Crippen LogP contribution in [0.4, 0.5) is 0 Å². The maximum atomic E-state index is 12.8. The average Bonchev–Trinajstić information content (AvgIpc) is 3.16. The number of amides is 1. The van der Waals surface area contributed by atoms with E-state index in [9.17, 15) is 9.90 Å². The van der Waals surface area contributed by atoms with Crippen molar-refractivity contribution in [1.29, 1.82) is 0 Å². The molecule has 2 saturated heterocycles. The van der Waals surface area contributed by atoms with Crippen LogP contribution in [-0.2, 0) is 11.3 Å². The molecule has 3 fully saturated rings. The van der Waals surface area contributed by atoms with Crippen molar-refractivity contribution in [3.05, 3.63) is 29.6 Å². The van der Waals surface area contributed by atoms with E-state index in [2.05, 4.69) is 22.0 Å². The molecule has 26 heavy (non-hydrogen) atoms. The van der Waals surface area contributed by atoms with Gasteiger partial charge in [-0.1, -0.05) is 18.9 Å². The third kappa shape index (κ3) is 3.65. The van der Waals surface area contributed by atoms with Crippen molar-refractivity contribution < 1.29 is 9.90 Å². The van der Waals surface area contributed by atoms with Crippen molar-refractivity contribution >= 4 is 5.91 Å². The first kappa shape index (κ1) is 17.9. The van der Waals surface area contributed by atoms with E-state index >= 15 is 0 Å². The Hall–Kier alpha value is -1.46. The summed E-state index contributed by atoms with van der Waals surface area (Å²) in [7, 11) is 0. The Balaban J connectivity index is 1.40. The van der Waals surface area contributed by atoms with Crippen molar-refractivity contribution in [3.8, 4) is 0 Å². The molecule has 1 amide bonds. The van der Waals surface area contributed by atoms with Gasteiger partial charge in [0.2, 0.25) is 5.91 Å². The number of carbonyl (C=O) groups excluding carboxylic acids is 1. The highest BCUT2D eigenvalue weighted by atomic mass is 16.3. The van der Waals surface area contributed by atoms with E-state index in [-0.39, 0.29) is 11.8 Å².